The summed E-state index contributed by atoms with van der Waals surface area (Å²) >= 11 is 0. The fraction of sp³-hybridized carbons (Fsp3) is 0.538. The molecular formula is C13H21NO. The summed E-state index contributed by atoms with van der Waals surface area (Å²) in [7, 11) is 0. The van der Waals surface area contributed by atoms with Gasteiger partial charge in [-0.3, -0.25) is 0 Å². The molecule has 0 spiro atoms. The highest BCUT2D eigenvalue weighted by molar-refractivity contribution is 5.18. The lowest BCUT2D eigenvalue weighted by Crippen LogP contribution is -2.31. The molecule has 2 unspecified atom stereocenters. The Bertz CT molecular complexity index is 260. The van der Waals surface area contributed by atoms with Crippen molar-refractivity contribution in [1.82, 2.24) is 5.32 Å². The number of benzene rings is 1. The van der Waals surface area contributed by atoms with Gasteiger partial charge in [-0.1, -0.05) is 37.3 Å². The van der Waals surface area contributed by atoms with Crippen LogP contribution in [0.2, 0.25) is 0 Å². The molecule has 0 aliphatic heterocycles. The largest absolute Gasteiger partial charge is 0.396 e. The minimum Gasteiger partial charge on any atom is -0.396 e. The van der Waals surface area contributed by atoms with E-state index in [1.165, 1.54) is 5.56 Å². The number of hydrogen-bond acceptors (Lipinski definition) is 2. The second-order valence-corrected chi connectivity index (χ2v) is 3.92. The third kappa shape index (κ3) is 4.02. The van der Waals surface area contributed by atoms with Crippen molar-refractivity contribution in [2.45, 2.75) is 38.8 Å². The zero-order valence-electron chi connectivity index (χ0n) is 9.61. The van der Waals surface area contributed by atoms with Crippen molar-refractivity contribution >= 4 is 0 Å². The molecule has 0 heterocycles. The van der Waals surface area contributed by atoms with Crippen LogP contribution < -0.4 is 5.32 Å². The zero-order valence-corrected chi connectivity index (χ0v) is 9.61. The van der Waals surface area contributed by atoms with Gasteiger partial charge in [-0.05, 0) is 25.3 Å². The van der Waals surface area contributed by atoms with E-state index in [-0.39, 0.29) is 6.61 Å². The third-order valence-electron chi connectivity index (χ3n) is 2.76. The molecule has 0 saturated heterocycles. The first-order valence-corrected chi connectivity index (χ1v) is 5.69. The highest BCUT2D eigenvalue weighted by Crippen LogP contribution is 2.13. The number of hydrogen-bond donors (Lipinski definition) is 2. The van der Waals surface area contributed by atoms with Gasteiger partial charge in [0.25, 0.3) is 0 Å². The molecule has 0 amide bonds. The highest BCUT2D eigenvalue weighted by Gasteiger charge is 2.10. The molecule has 2 N–H and O–H groups in total. The van der Waals surface area contributed by atoms with E-state index < -0.39 is 0 Å². The molecule has 2 atom stereocenters. The maximum atomic E-state index is 8.91. The van der Waals surface area contributed by atoms with Crippen LogP contribution in [0.25, 0.3) is 0 Å². The van der Waals surface area contributed by atoms with E-state index in [0.717, 1.165) is 12.8 Å². The molecule has 2 heteroatoms. The standard InChI is InChI=1S/C13H21NO/c1-3-13(9-10-15)14-11(2)12-7-5-4-6-8-12/h4-8,11,13-15H,3,9-10H2,1-2H3. The quantitative estimate of drug-likeness (QED) is 0.751. The molecule has 1 aromatic rings. The van der Waals surface area contributed by atoms with Gasteiger partial charge in [-0.15, -0.1) is 0 Å². The monoisotopic (exact) mass is 207 g/mol. The van der Waals surface area contributed by atoms with Crippen molar-refractivity contribution in [2.75, 3.05) is 6.61 Å². The third-order valence-corrected chi connectivity index (χ3v) is 2.76. The van der Waals surface area contributed by atoms with Crippen LogP contribution in [-0.4, -0.2) is 17.8 Å². The summed E-state index contributed by atoms with van der Waals surface area (Å²) in [5.74, 6) is 0. The zero-order chi connectivity index (χ0) is 11.1. The lowest BCUT2D eigenvalue weighted by Gasteiger charge is -2.21. The van der Waals surface area contributed by atoms with E-state index in [4.69, 9.17) is 5.11 Å². The van der Waals surface area contributed by atoms with E-state index in [9.17, 15) is 0 Å². The topological polar surface area (TPSA) is 32.3 Å². The van der Waals surface area contributed by atoms with Crippen LogP contribution in [0.4, 0.5) is 0 Å². The van der Waals surface area contributed by atoms with Crippen LogP contribution >= 0.6 is 0 Å². The number of nitrogens with one attached hydrogen (secondary N) is 1. The Kier molecular flexibility index (Phi) is 5.37. The normalized spacial score (nSPS) is 14.9. The summed E-state index contributed by atoms with van der Waals surface area (Å²) in [5, 5.41) is 12.4. The maximum absolute atomic E-state index is 8.91. The SMILES string of the molecule is CCC(CCO)NC(C)c1ccccc1. The van der Waals surface area contributed by atoms with Gasteiger partial charge in [0.05, 0.1) is 0 Å². The van der Waals surface area contributed by atoms with Gasteiger partial charge in [-0.2, -0.15) is 0 Å². The Hall–Kier alpha value is -0.860. The van der Waals surface area contributed by atoms with E-state index in [1.807, 2.05) is 6.07 Å². The second kappa shape index (κ2) is 6.59. The van der Waals surface area contributed by atoms with Crippen LogP contribution in [0.5, 0.6) is 0 Å². The van der Waals surface area contributed by atoms with Gasteiger partial charge in [0.2, 0.25) is 0 Å². The number of aliphatic hydroxyl groups is 1. The van der Waals surface area contributed by atoms with Gasteiger partial charge in [0.15, 0.2) is 0 Å². The van der Waals surface area contributed by atoms with Gasteiger partial charge in [-0.25, -0.2) is 0 Å². The Labute approximate surface area is 92.3 Å². The lowest BCUT2D eigenvalue weighted by atomic mass is 10.1. The summed E-state index contributed by atoms with van der Waals surface area (Å²) in [5.41, 5.74) is 1.30. The summed E-state index contributed by atoms with van der Waals surface area (Å²) in [6, 6.07) is 11.2. The van der Waals surface area contributed by atoms with Crippen LogP contribution in [0, 0.1) is 0 Å². The van der Waals surface area contributed by atoms with Gasteiger partial charge >= 0.3 is 0 Å². The Morgan fingerprint density at radius 3 is 2.47 bits per heavy atom. The van der Waals surface area contributed by atoms with Crippen LogP contribution in [0.15, 0.2) is 30.3 Å². The predicted octanol–water partition coefficient (Wildman–Crippen LogP) is 2.50. The van der Waals surface area contributed by atoms with Crippen molar-refractivity contribution < 1.29 is 5.11 Å². The molecule has 0 radical (unpaired) electrons. The van der Waals surface area contributed by atoms with E-state index in [1.54, 1.807) is 0 Å². The molecule has 0 fully saturated rings. The second-order valence-electron chi connectivity index (χ2n) is 3.92. The number of rotatable bonds is 6. The fourth-order valence-corrected chi connectivity index (χ4v) is 1.75. The molecule has 0 aromatic heterocycles. The Morgan fingerprint density at radius 2 is 1.93 bits per heavy atom. The molecular weight excluding hydrogens is 186 g/mol. The fourth-order valence-electron chi connectivity index (χ4n) is 1.75. The van der Waals surface area contributed by atoms with E-state index in [2.05, 4.69) is 43.4 Å². The van der Waals surface area contributed by atoms with Crippen molar-refractivity contribution in [3.05, 3.63) is 35.9 Å². The molecule has 84 valence electrons. The van der Waals surface area contributed by atoms with Crippen LogP contribution in [0.3, 0.4) is 0 Å². The predicted molar refractivity (Wildman–Crippen MR) is 63.8 cm³/mol. The van der Waals surface area contributed by atoms with Crippen LogP contribution in [0.1, 0.15) is 38.3 Å². The summed E-state index contributed by atoms with van der Waals surface area (Å²) in [6.45, 7) is 4.56. The summed E-state index contributed by atoms with van der Waals surface area (Å²) in [6.07, 6.45) is 1.88. The number of aliphatic hydroxyl groups excluding tert-OH is 1. The molecule has 1 rings (SSSR count). The minimum absolute atomic E-state index is 0.257. The minimum atomic E-state index is 0.257. The van der Waals surface area contributed by atoms with Crippen molar-refractivity contribution in [3.8, 4) is 0 Å². The lowest BCUT2D eigenvalue weighted by molar-refractivity contribution is 0.257. The van der Waals surface area contributed by atoms with Crippen molar-refractivity contribution in [1.29, 1.82) is 0 Å². The van der Waals surface area contributed by atoms with E-state index >= 15 is 0 Å². The molecule has 15 heavy (non-hydrogen) atoms. The summed E-state index contributed by atoms with van der Waals surface area (Å²) < 4.78 is 0. The molecule has 0 bridgehead atoms. The van der Waals surface area contributed by atoms with Crippen molar-refractivity contribution in [3.63, 3.8) is 0 Å². The molecule has 0 aliphatic rings. The first-order chi connectivity index (χ1) is 7.27. The van der Waals surface area contributed by atoms with Gasteiger partial charge < -0.3 is 10.4 Å². The highest BCUT2D eigenvalue weighted by atomic mass is 16.3. The van der Waals surface area contributed by atoms with Gasteiger partial charge in [0, 0.05) is 18.7 Å². The summed E-state index contributed by atoms with van der Waals surface area (Å²) in [4.78, 5) is 0. The average Bonchev–Trinajstić information content (AvgIpc) is 2.29. The first-order valence-electron chi connectivity index (χ1n) is 5.69. The molecule has 1 aromatic carbocycles. The Morgan fingerprint density at radius 1 is 1.27 bits per heavy atom. The average molecular weight is 207 g/mol. The molecule has 0 aliphatic carbocycles. The van der Waals surface area contributed by atoms with Crippen molar-refractivity contribution in [2.24, 2.45) is 0 Å². The Balaban J connectivity index is 2.50. The van der Waals surface area contributed by atoms with E-state index in [0.29, 0.717) is 12.1 Å². The smallest absolute Gasteiger partial charge is 0.0445 e. The maximum Gasteiger partial charge on any atom is 0.0445 e. The molecule has 2 nitrogen and oxygen atoms in total. The van der Waals surface area contributed by atoms with Gasteiger partial charge in [0.1, 0.15) is 0 Å². The van der Waals surface area contributed by atoms with Crippen LogP contribution in [-0.2, 0) is 0 Å². The molecule has 0 saturated carbocycles. The first kappa shape index (κ1) is 12.2.